The number of aromatic nitrogens is 1. The van der Waals surface area contributed by atoms with Gasteiger partial charge in [0.1, 0.15) is 0 Å². The molecule has 0 radical (unpaired) electrons. The zero-order valence-corrected chi connectivity index (χ0v) is 11.8. The van der Waals surface area contributed by atoms with Crippen molar-refractivity contribution in [2.24, 2.45) is 5.92 Å². The molecule has 0 aromatic carbocycles. The second-order valence-corrected chi connectivity index (χ2v) is 5.75. The highest BCUT2D eigenvalue weighted by Crippen LogP contribution is 2.30. The van der Waals surface area contributed by atoms with E-state index >= 15 is 0 Å². The fraction of sp³-hybridized carbons (Fsp3) is 0.733. The van der Waals surface area contributed by atoms with Crippen LogP contribution in [0.5, 0.6) is 0 Å². The summed E-state index contributed by atoms with van der Waals surface area (Å²) in [5.74, 6) is 0.314. The SMILES string of the molecule is CCNC1CCCc2cn(CC(O)C(C)C)cc21. The van der Waals surface area contributed by atoms with Gasteiger partial charge in [0.2, 0.25) is 0 Å². The molecule has 102 valence electrons. The molecular weight excluding hydrogens is 224 g/mol. The number of aliphatic hydroxyl groups excluding tert-OH is 1. The van der Waals surface area contributed by atoms with Gasteiger partial charge in [0, 0.05) is 25.0 Å². The van der Waals surface area contributed by atoms with Crippen molar-refractivity contribution in [1.82, 2.24) is 9.88 Å². The molecule has 2 N–H and O–H groups in total. The lowest BCUT2D eigenvalue weighted by Crippen LogP contribution is -2.24. The first kappa shape index (κ1) is 13.6. The molecule has 18 heavy (non-hydrogen) atoms. The van der Waals surface area contributed by atoms with E-state index in [-0.39, 0.29) is 6.10 Å². The molecule has 0 fully saturated rings. The van der Waals surface area contributed by atoms with E-state index in [1.807, 2.05) is 0 Å². The van der Waals surface area contributed by atoms with E-state index in [9.17, 15) is 5.11 Å². The third-order valence-electron chi connectivity index (χ3n) is 3.93. The molecule has 0 aliphatic heterocycles. The van der Waals surface area contributed by atoms with Crippen molar-refractivity contribution in [2.45, 2.75) is 58.7 Å². The van der Waals surface area contributed by atoms with E-state index in [0.717, 1.165) is 6.54 Å². The topological polar surface area (TPSA) is 37.2 Å². The van der Waals surface area contributed by atoms with Crippen LogP contribution < -0.4 is 5.32 Å². The third kappa shape index (κ3) is 2.96. The highest BCUT2D eigenvalue weighted by molar-refractivity contribution is 5.30. The maximum absolute atomic E-state index is 9.97. The lowest BCUT2D eigenvalue weighted by molar-refractivity contribution is 0.107. The van der Waals surface area contributed by atoms with Crippen molar-refractivity contribution in [2.75, 3.05) is 6.54 Å². The van der Waals surface area contributed by atoms with Crippen LogP contribution in [0.25, 0.3) is 0 Å². The average Bonchev–Trinajstić information content (AvgIpc) is 2.72. The molecular formula is C15H26N2O. The lowest BCUT2D eigenvalue weighted by Gasteiger charge is -2.22. The van der Waals surface area contributed by atoms with Gasteiger partial charge in [0.05, 0.1) is 6.10 Å². The van der Waals surface area contributed by atoms with Crippen molar-refractivity contribution in [3.63, 3.8) is 0 Å². The summed E-state index contributed by atoms with van der Waals surface area (Å²) in [6, 6.07) is 0.510. The van der Waals surface area contributed by atoms with Crippen LogP contribution in [0.2, 0.25) is 0 Å². The van der Waals surface area contributed by atoms with Crippen LogP contribution >= 0.6 is 0 Å². The van der Waals surface area contributed by atoms with E-state index in [1.165, 1.54) is 30.4 Å². The number of aryl methyl sites for hydroxylation is 1. The van der Waals surface area contributed by atoms with Crippen molar-refractivity contribution in [1.29, 1.82) is 0 Å². The van der Waals surface area contributed by atoms with Crippen LogP contribution in [-0.4, -0.2) is 22.3 Å². The Morgan fingerprint density at radius 1 is 1.44 bits per heavy atom. The Bertz CT molecular complexity index is 384. The van der Waals surface area contributed by atoms with E-state index in [1.54, 1.807) is 0 Å². The van der Waals surface area contributed by atoms with Crippen LogP contribution in [0.4, 0.5) is 0 Å². The van der Waals surface area contributed by atoms with Gasteiger partial charge in [-0.05, 0) is 42.9 Å². The second-order valence-electron chi connectivity index (χ2n) is 5.75. The van der Waals surface area contributed by atoms with Crippen molar-refractivity contribution < 1.29 is 5.11 Å². The minimum atomic E-state index is -0.253. The maximum atomic E-state index is 9.97. The van der Waals surface area contributed by atoms with Gasteiger partial charge in [-0.2, -0.15) is 0 Å². The fourth-order valence-electron chi connectivity index (χ4n) is 2.74. The molecule has 0 amide bonds. The summed E-state index contributed by atoms with van der Waals surface area (Å²) in [7, 11) is 0. The first-order valence-corrected chi connectivity index (χ1v) is 7.21. The van der Waals surface area contributed by atoms with Crippen LogP contribution in [0.3, 0.4) is 0 Å². The van der Waals surface area contributed by atoms with Gasteiger partial charge in [0.15, 0.2) is 0 Å². The predicted molar refractivity (Wildman–Crippen MR) is 74.6 cm³/mol. The summed E-state index contributed by atoms with van der Waals surface area (Å²) in [5, 5.41) is 13.5. The Balaban J connectivity index is 2.11. The predicted octanol–water partition coefficient (Wildman–Crippen LogP) is 2.49. The quantitative estimate of drug-likeness (QED) is 0.842. The molecule has 1 aliphatic carbocycles. The van der Waals surface area contributed by atoms with Gasteiger partial charge in [-0.15, -0.1) is 0 Å². The minimum absolute atomic E-state index is 0.253. The largest absolute Gasteiger partial charge is 0.391 e. The molecule has 0 bridgehead atoms. The Morgan fingerprint density at radius 3 is 2.89 bits per heavy atom. The first-order chi connectivity index (χ1) is 8.61. The third-order valence-corrected chi connectivity index (χ3v) is 3.93. The Morgan fingerprint density at radius 2 is 2.22 bits per heavy atom. The Hall–Kier alpha value is -0.800. The standard InChI is InChI=1S/C15H26N2O/c1-4-16-14-7-5-6-12-8-17(9-13(12)14)10-15(18)11(2)3/h8-9,11,14-16,18H,4-7,10H2,1-3H3. The Kier molecular flexibility index (Phi) is 4.46. The normalized spacial score (nSPS) is 21.1. The molecule has 3 heteroatoms. The van der Waals surface area contributed by atoms with Gasteiger partial charge in [0.25, 0.3) is 0 Å². The second kappa shape index (κ2) is 5.89. The summed E-state index contributed by atoms with van der Waals surface area (Å²) in [6.45, 7) is 8.02. The number of aliphatic hydroxyl groups is 1. The molecule has 2 atom stereocenters. The van der Waals surface area contributed by atoms with Crippen LogP contribution in [0, 0.1) is 5.92 Å². The zero-order valence-electron chi connectivity index (χ0n) is 11.8. The zero-order chi connectivity index (χ0) is 13.1. The number of rotatable bonds is 5. The van der Waals surface area contributed by atoms with Crippen molar-refractivity contribution >= 4 is 0 Å². The summed E-state index contributed by atoms with van der Waals surface area (Å²) >= 11 is 0. The molecule has 1 aliphatic rings. The minimum Gasteiger partial charge on any atom is -0.391 e. The summed E-state index contributed by atoms with van der Waals surface area (Å²) in [4.78, 5) is 0. The first-order valence-electron chi connectivity index (χ1n) is 7.21. The van der Waals surface area contributed by atoms with Gasteiger partial charge < -0.3 is 15.0 Å². The van der Waals surface area contributed by atoms with E-state index in [4.69, 9.17) is 0 Å². The molecule has 0 saturated carbocycles. The molecule has 0 spiro atoms. The monoisotopic (exact) mass is 250 g/mol. The lowest BCUT2D eigenvalue weighted by atomic mass is 9.91. The molecule has 2 rings (SSSR count). The fourth-order valence-corrected chi connectivity index (χ4v) is 2.74. The highest BCUT2D eigenvalue weighted by Gasteiger charge is 2.21. The molecule has 1 aromatic heterocycles. The smallest absolute Gasteiger partial charge is 0.0741 e. The summed E-state index contributed by atoms with van der Waals surface area (Å²) < 4.78 is 2.17. The van der Waals surface area contributed by atoms with E-state index < -0.39 is 0 Å². The summed E-state index contributed by atoms with van der Waals surface area (Å²) in [5.41, 5.74) is 2.90. The van der Waals surface area contributed by atoms with Crippen LogP contribution in [0.15, 0.2) is 12.4 Å². The van der Waals surface area contributed by atoms with Gasteiger partial charge in [-0.25, -0.2) is 0 Å². The van der Waals surface area contributed by atoms with Crippen LogP contribution in [-0.2, 0) is 13.0 Å². The molecule has 2 unspecified atom stereocenters. The van der Waals surface area contributed by atoms with Crippen molar-refractivity contribution in [3.05, 3.63) is 23.5 Å². The number of fused-ring (bicyclic) bond motifs is 1. The van der Waals surface area contributed by atoms with Gasteiger partial charge in [-0.3, -0.25) is 0 Å². The van der Waals surface area contributed by atoms with E-state index in [2.05, 4.69) is 43.0 Å². The average molecular weight is 250 g/mol. The number of nitrogens with zero attached hydrogens (tertiary/aromatic N) is 1. The Labute approximate surface area is 110 Å². The number of hydrogen-bond donors (Lipinski definition) is 2. The molecule has 1 aromatic rings. The number of hydrogen-bond acceptors (Lipinski definition) is 2. The van der Waals surface area contributed by atoms with Crippen LogP contribution in [0.1, 0.15) is 50.8 Å². The molecule has 3 nitrogen and oxygen atoms in total. The van der Waals surface area contributed by atoms with Crippen molar-refractivity contribution in [3.8, 4) is 0 Å². The molecule has 1 heterocycles. The number of nitrogens with one attached hydrogen (secondary N) is 1. The maximum Gasteiger partial charge on any atom is 0.0741 e. The molecule has 0 saturated heterocycles. The van der Waals surface area contributed by atoms with E-state index in [0.29, 0.717) is 18.5 Å². The van der Waals surface area contributed by atoms with Gasteiger partial charge >= 0.3 is 0 Å². The summed E-state index contributed by atoms with van der Waals surface area (Å²) in [6.07, 6.45) is 7.88. The van der Waals surface area contributed by atoms with Gasteiger partial charge in [-0.1, -0.05) is 20.8 Å². The highest BCUT2D eigenvalue weighted by atomic mass is 16.3.